The molecule has 0 amide bonds. The van der Waals surface area contributed by atoms with E-state index in [1.807, 2.05) is 11.0 Å². The summed E-state index contributed by atoms with van der Waals surface area (Å²) in [5.41, 5.74) is 2.41. The third-order valence-electron chi connectivity index (χ3n) is 7.83. The van der Waals surface area contributed by atoms with E-state index in [0.29, 0.717) is 61.9 Å². The molecule has 5 rings (SSSR count). The summed E-state index contributed by atoms with van der Waals surface area (Å²) in [5, 5.41) is 0. The molecule has 3 aromatic rings. The molecule has 2 aliphatic heterocycles. The van der Waals surface area contributed by atoms with Crippen molar-refractivity contribution in [3.8, 4) is 17.1 Å². The molecule has 0 spiro atoms. The topological polar surface area (TPSA) is 100 Å². The van der Waals surface area contributed by atoms with E-state index < -0.39 is 15.8 Å². The number of piperazine rings is 1. The van der Waals surface area contributed by atoms with Crippen molar-refractivity contribution >= 4 is 21.4 Å². The molecule has 2 fully saturated rings. The van der Waals surface area contributed by atoms with Gasteiger partial charge in [-0.25, -0.2) is 17.8 Å². The van der Waals surface area contributed by atoms with Gasteiger partial charge in [0.25, 0.3) is 10.0 Å². The highest BCUT2D eigenvalue weighted by molar-refractivity contribution is 7.92. The second kappa shape index (κ2) is 12.3. The molecule has 0 bridgehead atoms. The minimum atomic E-state index is -4.09. The summed E-state index contributed by atoms with van der Waals surface area (Å²) in [7, 11) is -0.579. The van der Waals surface area contributed by atoms with Crippen molar-refractivity contribution in [2.75, 3.05) is 63.2 Å². The second-order valence-corrected chi connectivity index (χ2v) is 12.4. The number of anilines is 2. The number of nitrogens with one attached hydrogen (secondary N) is 1. The fraction of sp³-hybridized carbons (Fsp3) is 0.448. The first-order valence-corrected chi connectivity index (χ1v) is 15.2. The molecule has 2 atom stereocenters. The fourth-order valence-electron chi connectivity index (χ4n) is 5.38. The van der Waals surface area contributed by atoms with Crippen LogP contribution in [0.15, 0.2) is 53.7 Å². The van der Waals surface area contributed by atoms with E-state index in [0.717, 1.165) is 18.7 Å². The summed E-state index contributed by atoms with van der Waals surface area (Å²) in [5.74, 6) is -0.427. The number of hydrogen-bond acceptors (Lipinski definition) is 9. The Morgan fingerprint density at radius 2 is 1.80 bits per heavy atom. The van der Waals surface area contributed by atoms with E-state index in [1.165, 1.54) is 31.5 Å². The predicted octanol–water partition coefficient (Wildman–Crippen LogP) is 3.45. The minimum Gasteiger partial charge on any atom is -0.480 e. The summed E-state index contributed by atoms with van der Waals surface area (Å²) in [6.45, 7) is 9.27. The van der Waals surface area contributed by atoms with E-state index in [2.05, 4.69) is 45.4 Å². The number of morpholine rings is 1. The Kier molecular flexibility index (Phi) is 8.74. The summed E-state index contributed by atoms with van der Waals surface area (Å²) < 4.78 is 55.5. The van der Waals surface area contributed by atoms with Crippen molar-refractivity contribution in [3.63, 3.8) is 0 Å². The highest BCUT2D eigenvalue weighted by atomic mass is 32.2. The maximum atomic E-state index is 15.3. The lowest BCUT2D eigenvalue weighted by Gasteiger charge is -2.42. The molecule has 2 saturated heterocycles. The first-order valence-electron chi connectivity index (χ1n) is 13.7. The number of sulfonamides is 1. The third kappa shape index (κ3) is 6.61. The third-order valence-corrected chi connectivity index (χ3v) is 9.20. The molecule has 41 heavy (non-hydrogen) atoms. The van der Waals surface area contributed by atoms with Gasteiger partial charge in [0.1, 0.15) is 5.82 Å². The molecular formula is C29H37FN6O4S. The molecule has 0 aliphatic carbocycles. The number of pyridine rings is 2. The molecule has 1 N–H and O–H groups in total. The number of halogens is 1. The number of likely N-dealkylation sites (N-methyl/N-ethyl adjacent to an activating group) is 1. The lowest BCUT2D eigenvalue weighted by Crippen LogP contribution is -2.54. The van der Waals surface area contributed by atoms with Crippen LogP contribution >= 0.6 is 0 Å². The van der Waals surface area contributed by atoms with Gasteiger partial charge in [0, 0.05) is 56.6 Å². The number of ether oxygens (including phenoxy) is 2. The van der Waals surface area contributed by atoms with Crippen LogP contribution in [-0.2, 0) is 21.3 Å². The smallest absolute Gasteiger partial charge is 0.267 e. The van der Waals surface area contributed by atoms with Crippen LogP contribution in [0.25, 0.3) is 11.3 Å². The van der Waals surface area contributed by atoms with Crippen molar-refractivity contribution in [2.45, 2.75) is 37.4 Å². The summed E-state index contributed by atoms with van der Waals surface area (Å²) in [6.07, 6.45) is 3.04. The van der Waals surface area contributed by atoms with Crippen molar-refractivity contribution in [2.24, 2.45) is 0 Å². The van der Waals surface area contributed by atoms with Gasteiger partial charge in [-0.05, 0) is 56.8 Å². The maximum Gasteiger partial charge on any atom is 0.267 e. The Labute approximate surface area is 241 Å². The predicted molar refractivity (Wildman–Crippen MR) is 156 cm³/mol. The number of benzene rings is 1. The van der Waals surface area contributed by atoms with Crippen LogP contribution in [0, 0.1) is 5.82 Å². The molecule has 4 heterocycles. The fourth-order valence-corrected chi connectivity index (χ4v) is 6.57. The number of rotatable bonds is 8. The van der Waals surface area contributed by atoms with Crippen LogP contribution in [0.5, 0.6) is 5.88 Å². The average molecular weight is 585 g/mol. The van der Waals surface area contributed by atoms with Crippen LogP contribution in [0.2, 0.25) is 0 Å². The monoisotopic (exact) mass is 584 g/mol. The summed E-state index contributed by atoms with van der Waals surface area (Å²) in [4.78, 5) is 15.2. The van der Waals surface area contributed by atoms with Gasteiger partial charge in [0.2, 0.25) is 5.88 Å². The molecule has 2 aliphatic rings. The second-order valence-electron chi connectivity index (χ2n) is 10.7. The van der Waals surface area contributed by atoms with Crippen LogP contribution in [0.1, 0.15) is 19.4 Å². The first kappa shape index (κ1) is 29.2. The summed E-state index contributed by atoms with van der Waals surface area (Å²) >= 11 is 0. The van der Waals surface area contributed by atoms with Gasteiger partial charge in [-0.1, -0.05) is 6.07 Å². The van der Waals surface area contributed by atoms with E-state index >= 15 is 4.39 Å². The first-order chi connectivity index (χ1) is 19.6. The zero-order valence-electron chi connectivity index (χ0n) is 23.9. The number of hydrogen-bond donors (Lipinski definition) is 1. The van der Waals surface area contributed by atoms with Gasteiger partial charge in [0.15, 0.2) is 4.90 Å². The molecule has 1 aromatic carbocycles. The van der Waals surface area contributed by atoms with Crippen molar-refractivity contribution in [1.82, 2.24) is 19.8 Å². The molecule has 0 unspecified atom stereocenters. The Morgan fingerprint density at radius 3 is 2.49 bits per heavy atom. The van der Waals surface area contributed by atoms with Crippen LogP contribution in [0.4, 0.5) is 15.8 Å². The van der Waals surface area contributed by atoms with Gasteiger partial charge >= 0.3 is 0 Å². The number of aromatic nitrogens is 2. The molecule has 12 heteroatoms. The molecular weight excluding hydrogens is 547 g/mol. The Bertz CT molecular complexity index is 1470. The zero-order valence-corrected chi connectivity index (χ0v) is 24.7. The lowest BCUT2D eigenvalue weighted by atomic mass is 10.0. The van der Waals surface area contributed by atoms with Crippen molar-refractivity contribution < 1.29 is 22.3 Å². The zero-order chi connectivity index (χ0) is 29.1. The van der Waals surface area contributed by atoms with Gasteiger partial charge in [-0.15, -0.1) is 0 Å². The SMILES string of the molecule is COc1ncc(N2CCOCC2)cc1S(=O)(=O)Nc1ccnc(-c2ccc(CN3C[C@@H](C)N(C)[C@@H](C)C3)cc2F)c1. The Hall–Kier alpha value is -3.32. The van der Waals surface area contributed by atoms with Crippen molar-refractivity contribution in [3.05, 3.63) is 60.2 Å². The highest BCUT2D eigenvalue weighted by Crippen LogP contribution is 2.30. The number of nitrogens with zero attached hydrogens (tertiary/aromatic N) is 5. The Balaban J connectivity index is 1.34. The van der Waals surface area contributed by atoms with Gasteiger partial charge in [0.05, 0.1) is 43.6 Å². The van der Waals surface area contributed by atoms with Crippen LogP contribution < -0.4 is 14.4 Å². The Morgan fingerprint density at radius 1 is 1.07 bits per heavy atom. The quantitative estimate of drug-likeness (QED) is 0.427. The molecule has 10 nitrogen and oxygen atoms in total. The van der Waals surface area contributed by atoms with Gasteiger partial charge in [-0.2, -0.15) is 0 Å². The van der Waals surface area contributed by atoms with Crippen LogP contribution in [-0.4, -0.2) is 93.8 Å². The van der Waals surface area contributed by atoms with E-state index in [1.54, 1.807) is 18.3 Å². The largest absolute Gasteiger partial charge is 0.480 e. The standard InChI is InChI=1S/C29H37FN6O4S/c1-20-17-35(18-21(2)34(20)3)19-22-5-6-25(26(30)13-22)27-14-23(7-8-31-27)33-41(37,38)28-15-24(16-32-29(28)39-4)36-9-11-40-12-10-36/h5-8,13-16,20-21H,9-12,17-19H2,1-4H3,(H,31,33)/t20-,21+. The van der Waals surface area contributed by atoms with Gasteiger partial charge < -0.3 is 14.4 Å². The molecule has 0 radical (unpaired) electrons. The number of methoxy groups -OCH3 is 1. The molecule has 0 saturated carbocycles. The lowest BCUT2D eigenvalue weighted by molar-refractivity contribution is 0.0556. The van der Waals surface area contributed by atoms with E-state index in [4.69, 9.17) is 9.47 Å². The molecule has 2 aromatic heterocycles. The van der Waals surface area contributed by atoms with Crippen molar-refractivity contribution in [1.29, 1.82) is 0 Å². The maximum absolute atomic E-state index is 15.3. The normalized spacial score (nSPS) is 20.7. The summed E-state index contributed by atoms with van der Waals surface area (Å²) in [6, 6.07) is 10.6. The minimum absolute atomic E-state index is 0.0189. The van der Waals surface area contributed by atoms with Crippen LogP contribution in [0.3, 0.4) is 0 Å². The van der Waals surface area contributed by atoms with E-state index in [9.17, 15) is 8.42 Å². The highest BCUT2D eigenvalue weighted by Gasteiger charge is 2.27. The van der Waals surface area contributed by atoms with E-state index in [-0.39, 0.29) is 16.5 Å². The average Bonchev–Trinajstić information content (AvgIpc) is 2.96. The van der Waals surface area contributed by atoms with Gasteiger partial charge in [-0.3, -0.25) is 19.5 Å². The molecule has 220 valence electrons.